The number of hydrogen-bond acceptors (Lipinski definition) is 10. The van der Waals surface area contributed by atoms with Crippen LogP contribution in [0.25, 0.3) is 10.9 Å². The average molecular weight is 697 g/mol. The molecule has 5 heterocycles. The molecule has 5 aliphatic rings. The first-order chi connectivity index (χ1) is 23.5. The van der Waals surface area contributed by atoms with Gasteiger partial charge in [-0.3, -0.25) is 19.4 Å². The van der Waals surface area contributed by atoms with Crippen LogP contribution in [0, 0.1) is 36.0 Å². The predicted molar refractivity (Wildman–Crippen MR) is 178 cm³/mol. The minimum absolute atomic E-state index is 0.0146. The SMILES string of the molecule is C#CCCCC(C(=O)NCCOC(=O)CCC(=O)O[C@@H]1O[C@@H]2O[C@]3(C)CC[C@H]4[C@H](C)CC[C@@H]([C@H]1C)[C@@]24OO3)c1ccnc2cc(Cl)ccc12. The van der Waals surface area contributed by atoms with E-state index in [9.17, 15) is 14.4 Å². The minimum Gasteiger partial charge on any atom is -0.464 e. The molecule has 1 aromatic carbocycles. The van der Waals surface area contributed by atoms with E-state index < -0.39 is 41.8 Å². The molecule has 1 spiro atoms. The van der Waals surface area contributed by atoms with Crippen LogP contribution < -0.4 is 5.32 Å². The number of hydrogen-bond donors (Lipinski definition) is 1. The number of ether oxygens (including phenoxy) is 4. The molecule has 1 aliphatic carbocycles. The van der Waals surface area contributed by atoms with Crippen molar-refractivity contribution in [3.8, 4) is 12.3 Å². The molecule has 1 amide bonds. The van der Waals surface area contributed by atoms with Gasteiger partial charge < -0.3 is 24.3 Å². The molecule has 11 nitrogen and oxygen atoms in total. The number of amides is 1. The smallest absolute Gasteiger partial charge is 0.308 e. The zero-order valence-corrected chi connectivity index (χ0v) is 29.0. The van der Waals surface area contributed by atoms with Crippen LogP contribution in [0.2, 0.25) is 5.02 Å². The highest BCUT2D eigenvalue weighted by molar-refractivity contribution is 6.31. The highest BCUT2D eigenvalue weighted by Gasteiger charge is 2.69. The quantitative estimate of drug-likeness (QED) is 0.123. The van der Waals surface area contributed by atoms with Crippen molar-refractivity contribution < 1.29 is 43.1 Å². The molecule has 1 aromatic heterocycles. The van der Waals surface area contributed by atoms with Gasteiger partial charge in [-0.1, -0.05) is 31.5 Å². The van der Waals surface area contributed by atoms with Gasteiger partial charge in [0, 0.05) is 41.3 Å². The Kier molecular flexibility index (Phi) is 10.8. The zero-order valence-electron chi connectivity index (χ0n) is 28.3. The first kappa shape index (κ1) is 35.6. The molecule has 4 saturated heterocycles. The van der Waals surface area contributed by atoms with Gasteiger partial charge in [0.25, 0.3) is 0 Å². The van der Waals surface area contributed by atoms with Crippen molar-refractivity contribution in [1.82, 2.24) is 10.3 Å². The fraction of sp³-hybridized carbons (Fsp3) is 0.622. The number of aromatic nitrogens is 1. The van der Waals surface area contributed by atoms with Crippen molar-refractivity contribution >= 4 is 40.3 Å². The number of nitrogens with one attached hydrogen (secondary N) is 1. The molecular weight excluding hydrogens is 652 g/mol. The second kappa shape index (κ2) is 14.9. The number of nitrogens with zero attached hydrogens (tertiary/aromatic N) is 1. The van der Waals surface area contributed by atoms with Crippen LogP contribution in [0.15, 0.2) is 30.5 Å². The summed E-state index contributed by atoms with van der Waals surface area (Å²) in [7, 11) is 0. The predicted octanol–water partition coefficient (Wildman–Crippen LogP) is 5.97. The van der Waals surface area contributed by atoms with E-state index >= 15 is 0 Å². The van der Waals surface area contributed by atoms with E-state index in [1.165, 1.54) is 0 Å². The van der Waals surface area contributed by atoms with Crippen LogP contribution in [-0.4, -0.2) is 59.9 Å². The Morgan fingerprint density at radius 3 is 2.76 bits per heavy atom. The number of unbranched alkanes of at least 4 members (excludes halogenated alkanes) is 1. The van der Waals surface area contributed by atoms with Crippen molar-refractivity contribution in [3.05, 3.63) is 41.0 Å². The van der Waals surface area contributed by atoms with Crippen LogP contribution in [0.1, 0.15) is 90.0 Å². The van der Waals surface area contributed by atoms with Crippen molar-refractivity contribution in [3.63, 3.8) is 0 Å². The molecule has 1 saturated carbocycles. The lowest BCUT2D eigenvalue weighted by molar-refractivity contribution is -0.576. The van der Waals surface area contributed by atoms with E-state index in [-0.39, 0.29) is 49.7 Å². The Morgan fingerprint density at radius 1 is 1.12 bits per heavy atom. The summed E-state index contributed by atoms with van der Waals surface area (Å²) in [6.45, 7) is 6.14. The van der Waals surface area contributed by atoms with Gasteiger partial charge in [0.1, 0.15) is 6.61 Å². The van der Waals surface area contributed by atoms with Gasteiger partial charge >= 0.3 is 11.9 Å². The van der Waals surface area contributed by atoms with Gasteiger partial charge in [-0.05, 0) is 74.6 Å². The van der Waals surface area contributed by atoms with Gasteiger partial charge in [-0.15, -0.1) is 12.3 Å². The summed E-state index contributed by atoms with van der Waals surface area (Å²) in [4.78, 5) is 55.1. The molecule has 7 rings (SSSR count). The van der Waals surface area contributed by atoms with Gasteiger partial charge in [0.05, 0.1) is 30.8 Å². The summed E-state index contributed by atoms with van der Waals surface area (Å²) >= 11 is 6.15. The summed E-state index contributed by atoms with van der Waals surface area (Å²) in [5.74, 6) is 0.334. The summed E-state index contributed by atoms with van der Waals surface area (Å²) in [5.41, 5.74) is 0.766. The summed E-state index contributed by atoms with van der Waals surface area (Å²) < 4.78 is 23.7. The van der Waals surface area contributed by atoms with Crippen molar-refractivity contribution in [2.75, 3.05) is 13.2 Å². The third-order valence-corrected chi connectivity index (χ3v) is 11.0. The number of pyridine rings is 1. The summed E-state index contributed by atoms with van der Waals surface area (Å²) in [6, 6.07) is 7.21. The lowest BCUT2D eigenvalue weighted by Crippen LogP contribution is -2.70. The number of esters is 2. The molecule has 49 heavy (non-hydrogen) atoms. The van der Waals surface area contributed by atoms with E-state index in [2.05, 4.69) is 23.1 Å². The molecule has 5 fully saturated rings. The number of halogens is 1. The van der Waals surface area contributed by atoms with E-state index in [4.69, 9.17) is 46.7 Å². The number of terminal acetylenes is 1. The number of fused-ring (bicyclic) bond motifs is 3. The lowest BCUT2D eigenvalue weighted by atomic mass is 9.58. The second-order valence-corrected chi connectivity index (χ2v) is 14.4. The van der Waals surface area contributed by atoms with Crippen molar-refractivity contribution in [1.29, 1.82) is 0 Å². The number of rotatable bonds is 12. The molecule has 12 heteroatoms. The largest absolute Gasteiger partial charge is 0.464 e. The van der Waals surface area contributed by atoms with E-state index in [0.29, 0.717) is 42.1 Å². The molecule has 9 atom stereocenters. The lowest BCUT2D eigenvalue weighted by Gasteiger charge is -2.59. The van der Waals surface area contributed by atoms with Gasteiger partial charge in [0.2, 0.25) is 18.0 Å². The third kappa shape index (κ3) is 7.31. The first-order valence-electron chi connectivity index (χ1n) is 17.3. The van der Waals surface area contributed by atoms with Crippen LogP contribution >= 0.6 is 11.6 Å². The van der Waals surface area contributed by atoms with Gasteiger partial charge in [-0.2, -0.15) is 0 Å². The zero-order chi connectivity index (χ0) is 34.8. The third-order valence-electron chi connectivity index (χ3n) is 10.8. The fourth-order valence-electron chi connectivity index (χ4n) is 8.22. The van der Waals surface area contributed by atoms with E-state index in [0.717, 1.165) is 30.2 Å². The van der Waals surface area contributed by atoms with Crippen molar-refractivity contribution in [2.24, 2.45) is 23.7 Å². The van der Waals surface area contributed by atoms with E-state index in [1.807, 2.05) is 26.0 Å². The maximum atomic E-state index is 13.3. The van der Waals surface area contributed by atoms with Gasteiger partial charge in [0.15, 0.2) is 11.9 Å². The fourth-order valence-corrected chi connectivity index (χ4v) is 8.38. The van der Waals surface area contributed by atoms with Gasteiger partial charge in [-0.25, -0.2) is 9.78 Å². The topological polar surface area (TPSA) is 132 Å². The molecule has 2 bridgehead atoms. The Labute approximate surface area is 291 Å². The molecule has 1 unspecified atom stereocenters. The highest BCUT2D eigenvalue weighted by Crippen LogP contribution is 2.60. The molecule has 264 valence electrons. The minimum atomic E-state index is -0.930. The van der Waals surface area contributed by atoms with Crippen LogP contribution in [-0.2, 0) is 43.1 Å². The molecule has 2 aromatic rings. The second-order valence-electron chi connectivity index (χ2n) is 14.0. The highest BCUT2D eigenvalue weighted by atomic mass is 35.5. The number of carbonyl (C=O) groups excluding carboxylic acids is 3. The number of benzene rings is 1. The van der Waals surface area contributed by atoms with E-state index in [1.54, 1.807) is 18.3 Å². The number of carbonyl (C=O) groups is 3. The Balaban J connectivity index is 0.977. The van der Waals surface area contributed by atoms with Crippen molar-refractivity contribution in [2.45, 2.75) is 108 Å². The normalized spacial score (nSPS) is 32.3. The Hall–Kier alpha value is -3.27. The first-order valence-corrected chi connectivity index (χ1v) is 17.7. The van der Waals surface area contributed by atoms with Crippen LogP contribution in [0.3, 0.4) is 0 Å². The average Bonchev–Trinajstić information content (AvgIpc) is 3.31. The molecule has 0 radical (unpaired) electrons. The Bertz CT molecular complexity index is 1600. The summed E-state index contributed by atoms with van der Waals surface area (Å²) in [5, 5.41) is 4.26. The summed E-state index contributed by atoms with van der Waals surface area (Å²) in [6.07, 6.45) is 10.4. The standard InChI is InChI=1S/C37H45ClN2O9/c1-5-6-7-8-27(25-16-18-39-30-21-24(38)10-11-26(25)30)33(43)40-19-20-44-31(41)13-14-32(42)45-34-23(3)29-12-9-22(2)28-15-17-36(4)47-35(46-34)37(28,29)49-48-36/h1,10-11,16,18,21-23,27-29,34-35H,6-9,12-15,17,19-20H2,2-4H3,(H,40,43)/t22-,23-,27?,28+,29+,34-,35-,36+,37-/m1/s1. The van der Waals surface area contributed by atoms with Crippen LogP contribution in [0.4, 0.5) is 0 Å². The molecule has 1 N–H and O–H groups in total. The maximum absolute atomic E-state index is 13.3. The molecule has 4 aliphatic heterocycles. The maximum Gasteiger partial charge on any atom is 0.308 e. The Morgan fingerprint density at radius 2 is 1.94 bits per heavy atom. The molecular formula is C37H45ClN2O9. The van der Waals surface area contributed by atoms with Crippen LogP contribution in [0.5, 0.6) is 0 Å². The monoisotopic (exact) mass is 696 g/mol.